The molecule has 0 aliphatic heterocycles. The van der Waals surface area contributed by atoms with Crippen LogP contribution in [0.15, 0.2) is 89.8 Å². The van der Waals surface area contributed by atoms with Crippen LogP contribution in [0.5, 0.6) is 0 Å². The summed E-state index contributed by atoms with van der Waals surface area (Å²) in [5.41, 5.74) is 2.97. The van der Waals surface area contributed by atoms with Crippen molar-refractivity contribution in [2.45, 2.75) is 23.8 Å². The Morgan fingerprint density at radius 2 is 1.32 bits per heavy atom. The number of carbonyl (C=O) groups excluding carboxylic acids is 1. The number of carbonyl (C=O) groups is 1. The molecule has 0 saturated carbocycles. The first kappa shape index (κ1) is 19.8. The molecule has 1 amide bonds. The maximum Gasteiger partial charge on any atom is 0.238 e. The molecule has 28 heavy (non-hydrogen) atoms. The molecule has 3 aromatic carbocycles. The van der Waals surface area contributed by atoms with E-state index in [1.807, 2.05) is 60.7 Å². The smallest absolute Gasteiger partial charge is 0.238 e. The highest BCUT2D eigenvalue weighted by molar-refractivity contribution is 7.89. The second kappa shape index (κ2) is 8.82. The van der Waals surface area contributed by atoms with E-state index in [1.54, 1.807) is 12.1 Å². The molecule has 0 aromatic heterocycles. The zero-order chi connectivity index (χ0) is 20.0. The van der Waals surface area contributed by atoms with Gasteiger partial charge in [-0.15, -0.1) is 0 Å². The average Bonchev–Trinajstić information content (AvgIpc) is 2.71. The van der Waals surface area contributed by atoms with Crippen LogP contribution < -0.4 is 10.5 Å². The van der Waals surface area contributed by atoms with Gasteiger partial charge in [0.1, 0.15) is 0 Å². The second-order valence-corrected chi connectivity index (χ2v) is 8.11. The van der Waals surface area contributed by atoms with Gasteiger partial charge >= 0.3 is 0 Å². The van der Waals surface area contributed by atoms with Gasteiger partial charge in [-0.25, -0.2) is 13.6 Å². The molecule has 0 spiro atoms. The molecule has 0 bridgehead atoms. The van der Waals surface area contributed by atoms with Gasteiger partial charge in [0.15, 0.2) is 0 Å². The second-order valence-electron chi connectivity index (χ2n) is 6.54. The minimum atomic E-state index is -3.72. The number of amides is 1. The Morgan fingerprint density at radius 1 is 0.821 bits per heavy atom. The largest absolute Gasteiger partial charge is 0.352 e. The van der Waals surface area contributed by atoms with Crippen molar-refractivity contribution in [1.82, 2.24) is 5.32 Å². The topological polar surface area (TPSA) is 89.3 Å². The van der Waals surface area contributed by atoms with Crippen LogP contribution in [0.4, 0.5) is 0 Å². The number of hydrogen-bond donors (Lipinski definition) is 2. The van der Waals surface area contributed by atoms with E-state index in [-0.39, 0.29) is 16.7 Å². The van der Waals surface area contributed by atoms with E-state index in [2.05, 4.69) is 5.32 Å². The van der Waals surface area contributed by atoms with Gasteiger partial charge in [0.2, 0.25) is 15.9 Å². The number of hydrogen-bond acceptors (Lipinski definition) is 3. The highest BCUT2D eigenvalue weighted by atomic mass is 32.2. The molecule has 0 radical (unpaired) electrons. The number of primary sulfonamides is 1. The molecule has 5 nitrogen and oxygen atoms in total. The fourth-order valence-electron chi connectivity index (χ4n) is 3.05. The van der Waals surface area contributed by atoms with Gasteiger partial charge in [-0.3, -0.25) is 4.79 Å². The molecule has 0 heterocycles. The summed E-state index contributed by atoms with van der Waals surface area (Å²) < 4.78 is 22.6. The molecule has 3 aromatic rings. The summed E-state index contributed by atoms with van der Waals surface area (Å²) in [5.74, 6) is -0.111. The first-order chi connectivity index (χ1) is 13.4. The zero-order valence-corrected chi connectivity index (χ0v) is 16.1. The van der Waals surface area contributed by atoms with Crippen LogP contribution in [0.1, 0.15) is 29.0 Å². The lowest BCUT2D eigenvalue weighted by atomic mass is 9.88. The van der Waals surface area contributed by atoms with Crippen LogP contribution in [-0.2, 0) is 21.4 Å². The molecular weight excluding hydrogens is 372 g/mol. The summed E-state index contributed by atoms with van der Waals surface area (Å²) in [6, 6.07) is 26.0. The molecule has 0 aliphatic rings. The molecule has 6 heteroatoms. The summed E-state index contributed by atoms with van der Waals surface area (Å²) in [6.45, 7) is 0.319. The van der Waals surface area contributed by atoms with Gasteiger partial charge in [-0.1, -0.05) is 72.8 Å². The molecule has 0 unspecified atom stereocenters. The van der Waals surface area contributed by atoms with Crippen LogP contribution in [0.3, 0.4) is 0 Å². The Hall–Kier alpha value is -2.96. The predicted molar refractivity (Wildman–Crippen MR) is 109 cm³/mol. The first-order valence-corrected chi connectivity index (χ1v) is 10.5. The molecule has 0 fully saturated rings. The minimum absolute atomic E-state index is 0.0350. The van der Waals surface area contributed by atoms with E-state index >= 15 is 0 Å². The molecular formula is C22H22N2O3S. The highest BCUT2D eigenvalue weighted by Crippen LogP contribution is 2.27. The van der Waals surface area contributed by atoms with Crippen molar-refractivity contribution in [2.75, 3.05) is 0 Å². The maximum atomic E-state index is 12.6. The third kappa shape index (κ3) is 5.28. The Kier molecular flexibility index (Phi) is 6.23. The predicted octanol–water partition coefficient (Wildman–Crippen LogP) is 3.17. The van der Waals surface area contributed by atoms with Gasteiger partial charge in [0.05, 0.1) is 4.90 Å². The van der Waals surface area contributed by atoms with Crippen molar-refractivity contribution in [1.29, 1.82) is 0 Å². The van der Waals surface area contributed by atoms with Gasteiger partial charge in [0, 0.05) is 18.9 Å². The fourth-order valence-corrected chi connectivity index (χ4v) is 3.57. The van der Waals surface area contributed by atoms with Gasteiger partial charge in [-0.05, 0) is 28.8 Å². The lowest BCUT2D eigenvalue weighted by molar-refractivity contribution is -0.121. The van der Waals surface area contributed by atoms with Crippen LogP contribution >= 0.6 is 0 Å². The van der Waals surface area contributed by atoms with Crippen LogP contribution in [0.25, 0.3) is 0 Å². The molecule has 0 atom stereocenters. The van der Waals surface area contributed by atoms with Crippen molar-refractivity contribution in [3.63, 3.8) is 0 Å². The summed E-state index contributed by atoms with van der Waals surface area (Å²) in [4.78, 5) is 12.6. The SMILES string of the molecule is NS(=O)(=O)c1ccc(CNC(=O)CC(c2ccccc2)c2ccccc2)cc1. The first-order valence-electron chi connectivity index (χ1n) is 8.92. The Bertz CT molecular complexity index is 979. The zero-order valence-electron chi connectivity index (χ0n) is 15.3. The van der Waals surface area contributed by atoms with Crippen molar-refractivity contribution in [3.05, 3.63) is 102 Å². The number of nitrogens with two attached hydrogens (primary N) is 1. The number of benzene rings is 3. The van der Waals surface area contributed by atoms with E-state index in [0.717, 1.165) is 16.7 Å². The standard InChI is InChI=1S/C22H22N2O3S/c23-28(26,27)20-13-11-17(12-14-20)16-24-22(25)15-21(18-7-3-1-4-8-18)19-9-5-2-6-10-19/h1-14,21H,15-16H2,(H,24,25)(H2,23,26,27). The summed E-state index contributed by atoms with van der Waals surface area (Å²) in [7, 11) is -3.72. The van der Waals surface area contributed by atoms with E-state index < -0.39 is 10.0 Å². The van der Waals surface area contributed by atoms with Crippen LogP contribution in [0.2, 0.25) is 0 Å². The van der Waals surface area contributed by atoms with E-state index in [4.69, 9.17) is 5.14 Å². The average molecular weight is 394 g/mol. The van der Waals surface area contributed by atoms with E-state index in [0.29, 0.717) is 13.0 Å². The third-order valence-electron chi connectivity index (χ3n) is 4.53. The number of sulfonamides is 1. The van der Waals surface area contributed by atoms with Crippen molar-refractivity contribution in [2.24, 2.45) is 5.14 Å². The van der Waals surface area contributed by atoms with Crippen molar-refractivity contribution < 1.29 is 13.2 Å². The van der Waals surface area contributed by atoms with Gasteiger partial charge < -0.3 is 5.32 Å². The fraction of sp³-hybridized carbons (Fsp3) is 0.136. The summed E-state index contributed by atoms with van der Waals surface area (Å²) in [6.07, 6.45) is 0.323. The molecule has 0 saturated heterocycles. The van der Waals surface area contributed by atoms with Crippen molar-refractivity contribution in [3.8, 4) is 0 Å². The number of nitrogens with one attached hydrogen (secondary N) is 1. The lowest BCUT2D eigenvalue weighted by Crippen LogP contribution is -2.25. The normalized spacial score (nSPS) is 11.4. The van der Waals surface area contributed by atoms with Crippen LogP contribution in [-0.4, -0.2) is 14.3 Å². The Labute approximate surface area is 165 Å². The maximum absolute atomic E-state index is 12.6. The molecule has 0 aliphatic carbocycles. The van der Waals surface area contributed by atoms with E-state index in [9.17, 15) is 13.2 Å². The molecule has 3 rings (SSSR count). The minimum Gasteiger partial charge on any atom is -0.352 e. The summed E-state index contributed by atoms with van der Waals surface area (Å²) >= 11 is 0. The number of rotatable bonds is 7. The third-order valence-corrected chi connectivity index (χ3v) is 5.46. The van der Waals surface area contributed by atoms with E-state index in [1.165, 1.54) is 12.1 Å². The monoisotopic (exact) mass is 394 g/mol. The highest BCUT2D eigenvalue weighted by Gasteiger charge is 2.18. The molecule has 144 valence electrons. The van der Waals surface area contributed by atoms with Crippen LogP contribution in [0, 0.1) is 0 Å². The quantitative estimate of drug-likeness (QED) is 0.645. The van der Waals surface area contributed by atoms with Gasteiger partial charge in [0.25, 0.3) is 0 Å². The Balaban J connectivity index is 1.67. The Morgan fingerprint density at radius 3 is 1.79 bits per heavy atom. The lowest BCUT2D eigenvalue weighted by Gasteiger charge is -2.18. The van der Waals surface area contributed by atoms with Gasteiger partial charge in [-0.2, -0.15) is 0 Å². The summed E-state index contributed by atoms with van der Waals surface area (Å²) in [5, 5.41) is 8.00. The molecule has 3 N–H and O–H groups in total. The van der Waals surface area contributed by atoms with Crippen molar-refractivity contribution >= 4 is 15.9 Å².